The van der Waals surface area contributed by atoms with Crippen molar-refractivity contribution in [2.24, 2.45) is 11.7 Å². The fourth-order valence-corrected chi connectivity index (χ4v) is 2.84. The van der Waals surface area contributed by atoms with Crippen LogP contribution < -0.4 is 11.1 Å². The van der Waals surface area contributed by atoms with E-state index in [1.54, 1.807) is 0 Å². The summed E-state index contributed by atoms with van der Waals surface area (Å²) in [5.41, 5.74) is 8.35. The summed E-state index contributed by atoms with van der Waals surface area (Å²) in [6.45, 7) is 4.81. The lowest BCUT2D eigenvalue weighted by Crippen LogP contribution is -2.41. The molecule has 0 aromatic heterocycles. The summed E-state index contributed by atoms with van der Waals surface area (Å²) in [5.74, 6) is 0.734. The van der Waals surface area contributed by atoms with E-state index < -0.39 is 0 Å². The molecule has 0 aliphatic heterocycles. The van der Waals surface area contributed by atoms with Crippen LogP contribution in [0.15, 0.2) is 24.3 Å². The van der Waals surface area contributed by atoms with Crippen molar-refractivity contribution in [3.8, 4) is 0 Å². The Labute approximate surface area is 121 Å². The van der Waals surface area contributed by atoms with Gasteiger partial charge in [-0.2, -0.15) is 0 Å². The van der Waals surface area contributed by atoms with Gasteiger partial charge in [0.1, 0.15) is 0 Å². The van der Waals surface area contributed by atoms with Crippen LogP contribution in [-0.2, 0) is 4.79 Å². The molecule has 1 saturated carbocycles. The molecule has 3 N–H and O–H groups in total. The van der Waals surface area contributed by atoms with E-state index in [-0.39, 0.29) is 17.9 Å². The Kier molecular flexibility index (Phi) is 5.18. The zero-order chi connectivity index (χ0) is 14.5. The SMILES string of the molecule is CCCCC(CN)NC(=O)C1CC1c1ccccc1C. The molecule has 1 amide bonds. The van der Waals surface area contributed by atoms with Gasteiger partial charge >= 0.3 is 0 Å². The molecular weight excluding hydrogens is 248 g/mol. The molecule has 0 bridgehead atoms. The summed E-state index contributed by atoms with van der Waals surface area (Å²) in [7, 11) is 0. The Morgan fingerprint density at radius 3 is 2.85 bits per heavy atom. The van der Waals surface area contributed by atoms with Gasteiger partial charge in [0.15, 0.2) is 0 Å². The van der Waals surface area contributed by atoms with Crippen molar-refractivity contribution in [3.63, 3.8) is 0 Å². The fourth-order valence-electron chi connectivity index (χ4n) is 2.84. The van der Waals surface area contributed by atoms with Gasteiger partial charge in [0, 0.05) is 18.5 Å². The first-order valence-corrected chi connectivity index (χ1v) is 7.73. The molecule has 20 heavy (non-hydrogen) atoms. The summed E-state index contributed by atoms with van der Waals surface area (Å²) >= 11 is 0. The summed E-state index contributed by atoms with van der Waals surface area (Å²) in [4.78, 5) is 12.3. The molecule has 3 heteroatoms. The molecule has 0 saturated heterocycles. The average molecular weight is 274 g/mol. The Balaban J connectivity index is 1.88. The second kappa shape index (κ2) is 6.89. The number of hydrogen-bond donors (Lipinski definition) is 2. The topological polar surface area (TPSA) is 55.1 Å². The van der Waals surface area contributed by atoms with Crippen molar-refractivity contribution in [3.05, 3.63) is 35.4 Å². The normalized spacial score (nSPS) is 22.4. The minimum absolute atomic E-state index is 0.139. The number of amides is 1. The smallest absolute Gasteiger partial charge is 0.224 e. The average Bonchev–Trinajstić information content (AvgIpc) is 3.24. The third-order valence-electron chi connectivity index (χ3n) is 4.25. The van der Waals surface area contributed by atoms with E-state index in [4.69, 9.17) is 5.73 Å². The number of carbonyl (C=O) groups is 1. The molecule has 1 aliphatic carbocycles. The lowest BCUT2D eigenvalue weighted by molar-refractivity contribution is -0.123. The van der Waals surface area contributed by atoms with Gasteiger partial charge in [0.05, 0.1) is 0 Å². The number of unbranched alkanes of at least 4 members (excludes halogenated alkanes) is 1. The van der Waals surface area contributed by atoms with Crippen LogP contribution in [-0.4, -0.2) is 18.5 Å². The maximum Gasteiger partial charge on any atom is 0.224 e. The third kappa shape index (κ3) is 3.60. The molecule has 3 unspecified atom stereocenters. The predicted octanol–water partition coefficient (Wildman–Crippen LogP) is 2.73. The van der Waals surface area contributed by atoms with Gasteiger partial charge in [-0.05, 0) is 36.8 Å². The molecular formula is C17H26N2O. The zero-order valence-corrected chi connectivity index (χ0v) is 12.6. The minimum atomic E-state index is 0.139. The van der Waals surface area contributed by atoms with Crippen molar-refractivity contribution in [2.45, 2.75) is 51.5 Å². The molecule has 1 aromatic rings. The number of hydrogen-bond acceptors (Lipinski definition) is 2. The first-order valence-electron chi connectivity index (χ1n) is 7.73. The molecule has 0 radical (unpaired) electrons. The van der Waals surface area contributed by atoms with E-state index in [0.717, 1.165) is 25.7 Å². The van der Waals surface area contributed by atoms with Crippen LogP contribution in [0.4, 0.5) is 0 Å². The highest BCUT2D eigenvalue weighted by Gasteiger charge is 2.44. The standard InChI is InChI=1S/C17H26N2O/c1-3-4-8-13(11-18)19-17(20)16-10-15(16)14-9-6-5-7-12(14)2/h5-7,9,13,15-16H,3-4,8,10-11,18H2,1-2H3,(H,19,20). The first kappa shape index (κ1) is 15.0. The van der Waals surface area contributed by atoms with Crippen LogP contribution in [0.25, 0.3) is 0 Å². The van der Waals surface area contributed by atoms with Gasteiger partial charge in [-0.3, -0.25) is 4.79 Å². The van der Waals surface area contributed by atoms with E-state index in [1.165, 1.54) is 11.1 Å². The monoisotopic (exact) mass is 274 g/mol. The highest BCUT2D eigenvalue weighted by Crippen LogP contribution is 2.48. The quantitative estimate of drug-likeness (QED) is 0.803. The minimum Gasteiger partial charge on any atom is -0.352 e. The Morgan fingerprint density at radius 1 is 1.45 bits per heavy atom. The van der Waals surface area contributed by atoms with Crippen LogP contribution in [0.1, 0.15) is 49.7 Å². The van der Waals surface area contributed by atoms with Gasteiger partial charge in [0.2, 0.25) is 5.91 Å². The number of rotatable bonds is 7. The Hall–Kier alpha value is -1.35. The molecule has 3 atom stereocenters. The van der Waals surface area contributed by atoms with Gasteiger partial charge in [-0.25, -0.2) is 0 Å². The van der Waals surface area contributed by atoms with Gasteiger partial charge in [-0.15, -0.1) is 0 Å². The summed E-state index contributed by atoms with van der Waals surface area (Å²) < 4.78 is 0. The van der Waals surface area contributed by atoms with Crippen molar-refractivity contribution >= 4 is 5.91 Å². The van der Waals surface area contributed by atoms with Crippen LogP contribution in [0, 0.1) is 12.8 Å². The maximum absolute atomic E-state index is 12.3. The molecule has 2 rings (SSSR count). The molecule has 110 valence electrons. The van der Waals surface area contributed by atoms with Crippen LogP contribution in [0.3, 0.4) is 0 Å². The number of nitrogens with one attached hydrogen (secondary N) is 1. The van der Waals surface area contributed by atoms with Gasteiger partial charge < -0.3 is 11.1 Å². The van der Waals surface area contributed by atoms with E-state index in [1.807, 2.05) is 6.07 Å². The maximum atomic E-state index is 12.3. The highest BCUT2D eigenvalue weighted by molar-refractivity contribution is 5.83. The van der Waals surface area contributed by atoms with Crippen LogP contribution >= 0.6 is 0 Å². The lowest BCUT2D eigenvalue weighted by atomic mass is 10.0. The van der Waals surface area contributed by atoms with Gasteiger partial charge in [-0.1, -0.05) is 44.0 Å². The Bertz CT molecular complexity index is 458. The van der Waals surface area contributed by atoms with E-state index in [9.17, 15) is 4.79 Å². The van der Waals surface area contributed by atoms with Crippen molar-refractivity contribution in [1.29, 1.82) is 0 Å². The third-order valence-corrected chi connectivity index (χ3v) is 4.25. The van der Waals surface area contributed by atoms with Crippen LogP contribution in [0.5, 0.6) is 0 Å². The van der Waals surface area contributed by atoms with Crippen molar-refractivity contribution in [2.75, 3.05) is 6.54 Å². The molecule has 0 spiro atoms. The fraction of sp³-hybridized carbons (Fsp3) is 0.588. The van der Waals surface area contributed by atoms with E-state index >= 15 is 0 Å². The number of aryl methyl sites for hydroxylation is 1. The Morgan fingerprint density at radius 2 is 2.20 bits per heavy atom. The second-order valence-corrected chi connectivity index (χ2v) is 5.89. The number of benzene rings is 1. The molecule has 3 nitrogen and oxygen atoms in total. The first-order chi connectivity index (χ1) is 9.67. The van der Waals surface area contributed by atoms with Crippen molar-refractivity contribution in [1.82, 2.24) is 5.32 Å². The molecule has 0 heterocycles. The molecule has 1 aliphatic rings. The number of carbonyl (C=O) groups excluding carboxylic acids is 1. The zero-order valence-electron chi connectivity index (χ0n) is 12.6. The number of nitrogens with two attached hydrogens (primary N) is 1. The van der Waals surface area contributed by atoms with Gasteiger partial charge in [0.25, 0.3) is 0 Å². The molecule has 1 fully saturated rings. The molecule has 1 aromatic carbocycles. The van der Waals surface area contributed by atoms with E-state index in [2.05, 4.69) is 37.4 Å². The summed E-state index contributed by atoms with van der Waals surface area (Å²) in [5, 5.41) is 3.12. The van der Waals surface area contributed by atoms with E-state index in [0.29, 0.717) is 12.5 Å². The summed E-state index contributed by atoms with van der Waals surface area (Å²) in [6, 6.07) is 8.50. The predicted molar refractivity (Wildman–Crippen MR) is 82.5 cm³/mol. The highest BCUT2D eigenvalue weighted by atomic mass is 16.2. The van der Waals surface area contributed by atoms with Crippen molar-refractivity contribution < 1.29 is 4.79 Å². The van der Waals surface area contributed by atoms with Crippen LogP contribution in [0.2, 0.25) is 0 Å². The largest absolute Gasteiger partial charge is 0.352 e. The lowest BCUT2D eigenvalue weighted by Gasteiger charge is -2.16. The second-order valence-electron chi connectivity index (χ2n) is 5.89. The summed E-state index contributed by atoms with van der Waals surface area (Å²) in [6.07, 6.45) is 4.22.